The summed E-state index contributed by atoms with van der Waals surface area (Å²) < 4.78 is 20.5. The topological polar surface area (TPSA) is 54.5 Å². The fraction of sp³-hybridized carbons (Fsp3) is 0.263. The molecule has 26 heavy (non-hydrogen) atoms. The third kappa shape index (κ3) is 3.46. The van der Waals surface area contributed by atoms with E-state index in [9.17, 15) is 9.18 Å². The van der Waals surface area contributed by atoms with E-state index in [1.807, 2.05) is 18.3 Å². The molecule has 0 radical (unpaired) electrons. The van der Waals surface area contributed by atoms with Crippen molar-refractivity contribution in [1.29, 1.82) is 0 Å². The van der Waals surface area contributed by atoms with Crippen molar-refractivity contribution in [2.24, 2.45) is 0 Å². The lowest BCUT2D eigenvalue weighted by Gasteiger charge is -2.35. The molecule has 1 fully saturated rings. The highest BCUT2D eigenvalue weighted by Gasteiger charge is 2.24. The monoisotopic (exact) mass is 354 g/mol. The Bertz CT molecular complexity index is 865. The van der Waals surface area contributed by atoms with Crippen LogP contribution >= 0.6 is 0 Å². The van der Waals surface area contributed by atoms with Crippen LogP contribution in [0.3, 0.4) is 0 Å². The van der Waals surface area contributed by atoms with E-state index in [2.05, 4.69) is 10.00 Å². The van der Waals surface area contributed by atoms with Crippen LogP contribution in [0.15, 0.2) is 59.3 Å². The summed E-state index contributed by atoms with van der Waals surface area (Å²) in [5.41, 5.74) is 0.970. The zero-order chi connectivity index (χ0) is 17.9. The van der Waals surface area contributed by atoms with E-state index in [0.717, 1.165) is 5.69 Å². The first-order valence-corrected chi connectivity index (χ1v) is 8.55. The molecule has 0 spiro atoms. The van der Waals surface area contributed by atoms with Crippen LogP contribution < -0.4 is 4.90 Å². The van der Waals surface area contributed by atoms with Crippen molar-refractivity contribution in [2.45, 2.75) is 6.54 Å². The van der Waals surface area contributed by atoms with Gasteiger partial charge >= 0.3 is 0 Å². The molecule has 0 N–H and O–H groups in total. The second kappa shape index (κ2) is 7.03. The molecule has 3 aromatic rings. The first-order valence-electron chi connectivity index (χ1n) is 8.55. The predicted molar refractivity (Wildman–Crippen MR) is 94.6 cm³/mol. The lowest BCUT2D eigenvalue weighted by atomic mass is 10.2. The second-order valence-corrected chi connectivity index (χ2v) is 6.23. The SMILES string of the molecule is O=C(c1ccc(Cn2cccn2)o1)N1CCN(c2ccc(F)cc2)CC1. The maximum absolute atomic E-state index is 13.0. The number of rotatable bonds is 4. The number of piperazine rings is 1. The molecule has 134 valence electrons. The number of carbonyl (C=O) groups is 1. The largest absolute Gasteiger partial charge is 0.454 e. The minimum atomic E-state index is -0.244. The molecule has 0 unspecified atom stereocenters. The molecule has 1 aliphatic heterocycles. The van der Waals surface area contributed by atoms with E-state index in [1.54, 1.807) is 34.0 Å². The molecule has 1 aliphatic rings. The zero-order valence-corrected chi connectivity index (χ0v) is 14.2. The van der Waals surface area contributed by atoms with Gasteiger partial charge in [0.05, 0.1) is 6.54 Å². The highest BCUT2D eigenvalue weighted by molar-refractivity contribution is 5.91. The van der Waals surface area contributed by atoms with Crippen LogP contribution in [-0.2, 0) is 6.54 Å². The first-order chi connectivity index (χ1) is 12.7. The highest BCUT2D eigenvalue weighted by Crippen LogP contribution is 2.19. The van der Waals surface area contributed by atoms with Gasteiger partial charge in [0.25, 0.3) is 5.91 Å². The molecule has 4 rings (SSSR count). The summed E-state index contributed by atoms with van der Waals surface area (Å²) in [5, 5.41) is 4.13. The van der Waals surface area contributed by atoms with Crippen molar-refractivity contribution in [3.05, 3.63) is 72.2 Å². The Morgan fingerprint density at radius 1 is 1.08 bits per heavy atom. The summed E-state index contributed by atoms with van der Waals surface area (Å²) in [6, 6.07) is 11.8. The van der Waals surface area contributed by atoms with E-state index < -0.39 is 0 Å². The first kappa shape index (κ1) is 16.4. The highest BCUT2D eigenvalue weighted by atomic mass is 19.1. The van der Waals surface area contributed by atoms with Crippen molar-refractivity contribution in [3.63, 3.8) is 0 Å². The molecular weight excluding hydrogens is 335 g/mol. The Balaban J connectivity index is 1.36. The molecule has 0 aliphatic carbocycles. The molecular formula is C19H19FN4O2. The molecule has 0 saturated carbocycles. The number of benzene rings is 1. The Hall–Kier alpha value is -3.09. The Labute approximate surface area is 150 Å². The number of halogens is 1. The lowest BCUT2D eigenvalue weighted by Crippen LogP contribution is -2.48. The van der Waals surface area contributed by atoms with E-state index in [4.69, 9.17) is 4.42 Å². The molecule has 0 bridgehead atoms. The average molecular weight is 354 g/mol. The van der Waals surface area contributed by atoms with Crippen LogP contribution in [0, 0.1) is 5.82 Å². The third-order valence-electron chi connectivity index (χ3n) is 4.51. The Morgan fingerprint density at radius 3 is 2.54 bits per heavy atom. The fourth-order valence-electron chi connectivity index (χ4n) is 3.11. The molecule has 1 aromatic carbocycles. The van der Waals surface area contributed by atoms with Gasteiger partial charge in [-0.2, -0.15) is 5.10 Å². The Kier molecular flexibility index (Phi) is 4.43. The summed E-state index contributed by atoms with van der Waals surface area (Å²) in [6.45, 7) is 3.12. The van der Waals surface area contributed by atoms with Gasteiger partial charge < -0.3 is 14.2 Å². The van der Waals surface area contributed by atoms with Gasteiger partial charge in [-0.1, -0.05) is 0 Å². The average Bonchev–Trinajstić information content (AvgIpc) is 3.35. The van der Waals surface area contributed by atoms with E-state index in [0.29, 0.717) is 44.2 Å². The number of aromatic nitrogens is 2. The number of nitrogens with zero attached hydrogens (tertiary/aromatic N) is 4. The van der Waals surface area contributed by atoms with Gasteiger partial charge in [-0.05, 0) is 42.5 Å². The molecule has 2 aromatic heterocycles. The third-order valence-corrected chi connectivity index (χ3v) is 4.51. The maximum atomic E-state index is 13.0. The quantitative estimate of drug-likeness (QED) is 0.723. The lowest BCUT2D eigenvalue weighted by molar-refractivity contribution is 0.0712. The second-order valence-electron chi connectivity index (χ2n) is 6.23. The van der Waals surface area contributed by atoms with Crippen LogP contribution in [0.2, 0.25) is 0 Å². The predicted octanol–water partition coefficient (Wildman–Crippen LogP) is 2.63. The van der Waals surface area contributed by atoms with E-state index >= 15 is 0 Å². The van der Waals surface area contributed by atoms with Crippen LogP contribution in [0.5, 0.6) is 0 Å². The minimum absolute atomic E-state index is 0.101. The number of anilines is 1. The maximum Gasteiger partial charge on any atom is 0.289 e. The zero-order valence-electron chi connectivity index (χ0n) is 14.2. The van der Waals surface area contributed by atoms with Crippen molar-refractivity contribution in [3.8, 4) is 0 Å². The van der Waals surface area contributed by atoms with Gasteiger partial charge in [0, 0.05) is 44.3 Å². The number of amides is 1. The van der Waals surface area contributed by atoms with E-state index in [1.165, 1.54) is 12.1 Å². The van der Waals surface area contributed by atoms with Crippen molar-refractivity contribution < 1.29 is 13.6 Å². The molecule has 3 heterocycles. The summed E-state index contributed by atoms with van der Waals surface area (Å²) in [6.07, 6.45) is 3.55. The summed E-state index contributed by atoms with van der Waals surface area (Å²) in [5.74, 6) is 0.700. The number of hydrogen-bond donors (Lipinski definition) is 0. The van der Waals surface area contributed by atoms with Crippen molar-refractivity contribution >= 4 is 11.6 Å². The van der Waals surface area contributed by atoms with Crippen molar-refractivity contribution in [2.75, 3.05) is 31.1 Å². The minimum Gasteiger partial charge on any atom is -0.454 e. The summed E-state index contributed by atoms with van der Waals surface area (Å²) >= 11 is 0. The molecule has 6 nitrogen and oxygen atoms in total. The van der Waals surface area contributed by atoms with Gasteiger partial charge in [-0.25, -0.2) is 4.39 Å². The molecule has 1 amide bonds. The number of furan rings is 1. The number of hydrogen-bond acceptors (Lipinski definition) is 4. The van der Waals surface area contributed by atoms with Gasteiger partial charge in [0.1, 0.15) is 11.6 Å². The van der Waals surface area contributed by atoms with Gasteiger partial charge in [0.15, 0.2) is 5.76 Å². The number of carbonyl (C=O) groups excluding carboxylic acids is 1. The van der Waals surface area contributed by atoms with Crippen LogP contribution in [0.25, 0.3) is 0 Å². The standard InChI is InChI=1S/C19H19FN4O2/c20-15-2-4-16(5-3-15)22-10-12-23(13-11-22)19(25)18-7-6-17(26-18)14-24-9-1-8-21-24/h1-9H,10-14H2. The molecule has 7 heteroatoms. The molecule has 0 atom stereocenters. The van der Waals surface area contributed by atoms with Crippen LogP contribution in [0.1, 0.15) is 16.3 Å². The normalized spacial score (nSPS) is 14.7. The van der Waals surface area contributed by atoms with Crippen LogP contribution in [0.4, 0.5) is 10.1 Å². The fourth-order valence-corrected chi connectivity index (χ4v) is 3.11. The molecule has 1 saturated heterocycles. The van der Waals surface area contributed by atoms with Crippen LogP contribution in [-0.4, -0.2) is 46.8 Å². The van der Waals surface area contributed by atoms with Gasteiger partial charge in [-0.15, -0.1) is 0 Å². The smallest absolute Gasteiger partial charge is 0.289 e. The summed E-state index contributed by atoms with van der Waals surface area (Å²) in [7, 11) is 0. The van der Waals surface area contributed by atoms with E-state index in [-0.39, 0.29) is 11.7 Å². The van der Waals surface area contributed by atoms with Gasteiger partial charge in [-0.3, -0.25) is 9.48 Å². The summed E-state index contributed by atoms with van der Waals surface area (Å²) in [4.78, 5) is 16.6. The Morgan fingerprint density at radius 2 is 1.85 bits per heavy atom. The van der Waals surface area contributed by atoms with Gasteiger partial charge in [0.2, 0.25) is 0 Å². The van der Waals surface area contributed by atoms with Crippen molar-refractivity contribution in [1.82, 2.24) is 14.7 Å².